The highest BCUT2D eigenvalue weighted by molar-refractivity contribution is 6.31. The summed E-state index contributed by atoms with van der Waals surface area (Å²) in [6.45, 7) is 2.13. The molecule has 0 radical (unpaired) electrons. The fourth-order valence-electron chi connectivity index (χ4n) is 1.75. The Morgan fingerprint density at radius 1 is 1.40 bits per heavy atom. The highest BCUT2D eigenvalue weighted by Gasteiger charge is 2.12. The Hall–Kier alpha value is -0.990. The van der Waals surface area contributed by atoms with E-state index >= 15 is 0 Å². The zero-order chi connectivity index (χ0) is 10.8. The van der Waals surface area contributed by atoms with Crippen molar-refractivity contribution in [3.05, 3.63) is 35.0 Å². The van der Waals surface area contributed by atoms with E-state index in [4.69, 9.17) is 16.0 Å². The van der Waals surface area contributed by atoms with E-state index in [1.807, 2.05) is 31.3 Å². The van der Waals surface area contributed by atoms with Gasteiger partial charge in [-0.05, 0) is 37.7 Å². The summed E-state index contributed by atoms with van der Waals surface area (Å²) in [7, 11) is 1.94. The van der Waals surface area contributed by atoms with Gasteiger partial charge in [0.2, 0.25) is 0 Å². The van der Waals surface area contributed by atoms with E-state index in [1.54, 1.807) is 0 Å². The molecule has 0 bridgehead atoms. The normalized spacial score (nSPS) is 13.3. The third-order valence-electron chi connectivity index (χ3n) is 2.60. The third kappa shape index (κ3) is 2.01. The van der Waals surface area contributed by atoms with Crippen molar-refractivity contribution < 1.29 is 4.42 Å². The maximum atomic E-state index is 5.92. The maximum absolute atomic E-state index is 5.92. The van der Waals surface area contributed by atoms with E-state index in [2.05, 4.69) is 12.2 Å². The zero-order valence-electron chi connectivity index (χ0n) is 8.88. The number of nitrogens with one attached hydrogen (secondary N) is 1. The molecule has 80 valence electrons. The van der Waals surface area contributed by atoms with Crippen molar-refractivity contribution >= 4 is 22.6 Å². The van der Waals surface area contributed by atoms with Crippen LogP contribution in [0, 0.1) is 0 Å². The minimum atomic E-state index is 0.274. The van der Waals surface area contributed by atoms with Crippen molar-refractivity contribution in [3.8, 4) is 0 Å². The molecule has 0 spiro atoms. The van der Waals surface area contributed by atoms with Gasteiger partial charge >= 0.3 is 0 Å². The highest BCUT2D eigenvalue weighted by atomic mass is 35.5. The smallest absolute Gasteiger partial charge is 0.134 e. The van der Waals surface area contributed by atoms with E-state index in [1.165, 1.54) is 0 Å². The summed E-state index contributed by atoms with van der Waals surface area (Å²) in [5.41, 5.74) is 0.892. The second kappa shape index (κ2) is 4.25. The molecular formula is C12H14ClNO. The topological polar surface area (TPSA) is 25.2 Å². The van der Waals surface area contributed by atoms with Crippen LogP contribution < -0.4 is 5.32 Å². The highest BCUT2D eigenvalue weighted by Crippen LogP contribution is 2.27. The largest absolute Gasteiger partial charge is 0.459 e. The van der Waals surface area contributed by atoms with Crippen LogP contribution in [0.15, 0.2) is 28.7 Å². The molecule has 1 heterocycles. The Morgan fingerprint density at radius 2 is 2.20 bits per heavy atom. The first kappa shape index (κ1) is 10.5. The first-order valence-corrected chi connectivity index (χ1v) is 5.48. The summed E-state index contributed by atoms with van der Waals surface area (Å²) >= 11 is 5.92. The van der Waals surface area contributed by atoms with Crippen LogP contribution in [0.3, 0.4) is 0 Å². The van der Waals surface area contributed by atoms with Gasteiger partial charge in [-0.15, -0.1) is 0 Å². The molecular weight excluding hydrogens is 210 g/mol. The van der Waals surface area contributed by atoms with Crippen LogP contribution in [-0.4, -0.2) is 7.05 Å². The van der Waals surface area contributed by atoms with Gasteiger partial charge in [-0.25, -0.2) is 0 Å². The van der Waals surface area contributed by atoms with Gasteiger partial charge in [0.1, 0.15) is 11.3 Å². The summed E-state index contributed by atoms with van der Waals surface area (Å²) in [6.07, 6.45) is 1.00. The molecule has 0 saturated carbocycles. The van der Waals surface area contributed by atoms with Crippen LogP contribution in [0.2, 0.25) is 5.02 Å². The first-order chi connectivity index (χ1) is 7.24. The molecule has 0 fully saturated rings. The predicted octanol–water partition coefficient (Wildman–Crippen LogP) is 3.76. The lowest BCUT2D eigenvalue weighted by Gasteiger charge is -2.09. The van der Waals surface area contributed by atoms with Crippen molar-refractivity contribution in [2.24, 2.45) is 0 Å². The van der Waals surface area contributed by atoms with Crippen LogP contribution in [0.5, 0.6) is 0 Å². The molecule has 1 N–H and O–H groups in total. The van der Waals surface area contributed by atoms with E-state index in [0.29, 0.717) is 0 Å². The zero-order valence-corrected chi connectivity index (χ0v) is 9.64. The minimum Gasteiger partial charge on any atom is -0.459 e. The van der Waals surface area contributed by atoms with Gasteiger partial charge in [-0.3, -0.25) is 0 Å². The fourth-order valence-corrected chi connectivity index (χ4v) is 1.93. The molecule has 0 aliphatic heterocycles. The molecule has 0 amide bonds. The summed E-state index contributed by atoms with van der Waals surface area (Å²) in [4.78, 5) is 0. The molecule has 2 aromatic rings. The van der Waals surface area contributed by atoms with Crippen molar-refractivity contribution in [2.75, 3.05) is 7.05 Å². The third-order valence-corrected chi connectivity index (χ3v) is 2.83. The summed E-state index contributed by atoms with van der Waals surface area (Å²) in [5, 5.41) is 5.02. The minimum absolute atomic E-state index is 0.274. The van der Waals surface area contributed by atoms with Crippen LogP contribution >= 0.6 is 11.6 Å². The number of rotatable bonds is 3. The second-order valence-corrected chi connectivity index (χ2v) is 4.02. The molecule has 1 atom stereocenters. The molecule has 0 aliphatic rings. The molecule has 0 aliphatic carbocycles. The van der Waals surface area contributed by atoms with Crippen LogP contribution in [-0.2, 0) is 0 Å². The van der Waals surface area contributed by atoms with Gasteiger partial charge in [0.05, 0.1) is 6.04 Å². The van der Waals surface area contributed by atoms with E-state index < -0.39 is 0 Å². The van der Waals surface area contributed by atoms with Gasteiger partial charge in [0.25, 0.3) is 0 Å². The number of hydrogen-bond acceptors (Lipinski definition) is 2. The number of hydrogen-bond donors (Lipinski definition) is 1. The number of halogens is 1. The second-order valence-electron chi connectivity index (χ2n) is 3.58. The van der Waals surface area contributed by atoms with E-state index in [0.717, 1.165) is 28.2 Å². The molecule has 15 heavy (non-hydrogen) atoms. The predicted molar refractivity (Wildman–Crippen MR) is 63.3 cm³/mol. The molecule has 0 saturated heterocycles. The molecule has 2 nitrogen and oxygen atoms in total. The molecule has 2 rings (SSSR count). The van der Waals surface area contributed by atoms with Crippen LogP contribution in [0.1, 0.15) is 25.1 Å². The van der Waals surface area contributed by atoms with E-state index in [-0.39, 0.29) is 6.04 Å². The van der Waals surface area contributed by atoms with Gasteiger partial charge in [-0.2, -0.15) is 0 Å². The van der Waals surface area contributed by atoms with Crippen molar-refractivity contribution in [1.29, 1.82) is 0 Å². The SMILES string of the molecule is CCC(NC)c1cc2cc(Cl)ccc2o1. The number of benzene rings is 1. The lowest BCUT2D eigenvalue weighted by molar-refractivity contribution is 0.444. The maximum Gasteiger partial charge on any atom is 0.134 e. The lowest BCUT2D eigenvalue weighted by Crippen LogP contribution is -2.14. The van der Waals surface area contributed by atoms with Gasteiger partial charge in [0.15, 0.2) is 0 Å². The Morgan fingerprint density at radius 3 is 2.87 bits per heavy atom. The van der Waals surface area contributed by atoms with Crippen molar-refractivity contribution in [2.45, 2.75) is 19.4 Å². The number of furan rings is 1. The average Bonchev–Trinajstić information content (AvgIpc) is 2.62. The summed E-state index contributed by atoms with van der Waals surface area (Å²) in [5.74, 6) is 0.970. The molecule has 3 heteroatoms. The van der Waals surface area contributed by atoms with Gasteiger partial charge < -0.3 is 9.73 Å². The van der Waals surface area contributed by atoms with Gasteiger partial charge in [0, 0.05) is 10.4 Å². The molecule has 1 aromatic heterocycles. The summed E-state index contributed by atoms with van der Waals surface area (Å²) in [6, 6.07) is 8.00. The lowest BCUT2D eigenvalue weighted by atomic mass is 10.1. The van der Waals surface area contributed by atoms with E-state index in [9.17, 15) is 0 Å². The molecule has 1 unspecified atom stereocenters. The van der Waals surface area contributed by atoms with Crippen LogP contribution in [0.25, 0.3) is 11.0 Å². The molecule has 1 aromatic carbocycles. The fraction of sp³-hybridized carbons (Fsp3) is 0.333. The monoisotopic (exact) mass is 223 g/mol. The Balaban J connectivity index is 2.46. The van der Waals surface area contributed by atoms with Crippen molar-refractivity contribution in [3.63, 3.8) is 0 Å². The standard InChI is InChI=1S/C12H14ClNO/c1-3-10(14-2)12-7-8-6-9(13)4-5-11(8)15-12/h4-7,10,14H,3H2,1-2H3. The average molecular weight is 224 g/mol. The Bertz CT molecular complexity index is 460. The summed E-state index contributed by atoms with van der Waals surface area (Å²) < 4.78 is 5.75. The Kier molecular flexibility index (Phi) is 2.98. The Labute approximate surface area is 94.2 Å². The first-order valence-electron chi connectivity index (χ1n) is 5.11. The van der Waals surface area contributed by atoms with Crippen molar-refractivity contribution in [1.82, 2.24) is 5.32 Å². The quantitative estimate of drug-likeness (QED) is 0.857. The number of fused-ring (bicyclic) bond motifs is 1. The van der Waals surface area contributed by atoms with Crippen LogP contribution in [0.4, 0.5) is 0 Å². The van der Waals surface area contributed by atoms with Gasteiger partial charge in [-0.1, -0.05) is 18.5 Å².